The number of nitrogens with zero attached hydrogens (tertiary/aromatic N) is 3. The van der Waals surface area contributed by atoms with E-state index in [0.717, 1.165) is 6.07 Å². The highest BCUT2D eigenvalue weighted by molar-refractivity contribution is 9.10. The predicted molar refractivity (Wildman–Crippen MR) is 73.8 cm³/mol. The second-order valence-corrected chi connectivity index (χ2v) is 4.92. The maximum absolute atomic E-state index is 12.8. The summed E-state index contributed by atoms with van der Waals surface area (Å²) in [7, 11) is 1.33. The van der Waals surface area contributed by atoms with Crippen molar-refractivity contribution in [3.8, 4) is 6.01 Å². The number of aromatic nitrogens is 3. The minimum Gasteiger partial charge on any atom is -0.467 e. The predicted octanol–water partition coefficient (Wildman–Crippen LogP) is 4.06. The van der Waals surface area contributed by atoms with E-state index in [9.17, 15) is 13.2 Å². The Hall–Kier alpha value is -1.61. The van der Waals surface area contributed by atoms with E-state index in [4.69, 9.17) is 16.3 Å². The molecule has 0 saturated carbocycles. The summed E-state index contributed by atoms with van der Waals surface area (Å²) < 4.78 is 43.2. The third kappa shape index (κ3) is 3.94. The lowest BCUT2D eigenvalue weighted by atomic mass is 10.2. The number of nitrogens with one attached hydrogen (secondary N) is 1. The lowest BCUT2D eigenvalue weighted by Crippen LogP contribution is -2.07. The molecule has 0 amide bonds. The summed E-state index contributed by atoms with van der Waals surface area (Å²) in [5.41, 5.74) is -0.672. The largest absolute Gasteiger partial charge is 0.467 e. The number of alkyl halides is 3. The summed E-state index contributed by atoms with van der Waals surface area (Å²) in [6, 6.07) is 3.58. The van der Waals surface area contributed by atoms with Gasteiger partial charge in [0.05, 0.1) is 12.7 Å². The first-order chi connectivity index (χ1) is 9.79. The summed E-state index contributed by atoms with van der Waals surface area (Å²) >= 11 is 8.51. The van der Waals surface area contributed by atoms with E-state index in [2.05, 4.69) is 36.2 Å². The maximum Gasteiger partial charge on any atom is 0.417 e. The molecule has 2 rings (SSSR count). The van der Waals surface area contributed by atoms with Gasteiger partial charge in [-0.05, 0) is 29.8 Å². The van der Waals surface area contributed by atoms with Crippen LogP contribution in [0.15, 0.2) is 22.7 Å². The SMILES string of the molecule is COc1nc(Cl)nc(Nc2ccc(Br)c(C(F)(F)F)c2)n1. The van der Waals surface area contributed by atoms with E-state index in [1.165, 1.54) is 19.2 Å². The zero-order chi connectivity index (χ0) is 15.6. The first kappa shape index (κ1) is 15.8. The highest BCUT2D eigenvalue weighted by Crippen LogP contribution is 2.36. The first-order valence-electron chi connectivity index (χ1n) is 5.39. The van der Waals surface area contributed by atoms with Crippen molar-refractivity contribution in [2.45, 2.75) is 6.18 Å². The number of hydrogen-bond acceptors (Lipinski definition) is 5. The number of hydrogen-bond donors (Lipinski definition) is 1. The molecule has 112 valence electrons. The number of ether oxygens (including phenoxy) is 1. The Bertz CT molecular complexity index is 668. The van der Waals surface area contributed by atoms with Crippen LogP contribution in [0.2, 0.25) is 5.28 Å². The monoisotopic (exact) mass is 382 g/mol. The summed E-state index contributed by atoms with van der Waals surface area (Å²) in [5, 5.41) is 2.47. The summed E-state index contributed by atoms with van der Waals surface area (Å²) in [4.78, 5) is 11.2. The van der Waals surface area contributed by atoms with Crippen molar-refractivity contribution in [1.29, 1.82) is 0 Å². The molecule has 1 aromatic carbocycles. The van der Waals surface area contributed by atoms with Crippen molar-refractivity contribution < 1.29 is 17.9 Å². The molecule has 0 radical (unpaired) electrons. The summed E-state index contributed by atoms with van der Waals surface area (Å²) in [6.45, 7) is 0. The van der Waals surface area contributed by atoms with Gasteiger partial charge in [0.15, 0.2) is 0 Å². The van der Waals surface area contributed by atoms with Gasteiger partial charge in [0, 0.05) is 10.2 Å². The average Bonchev–Trinajstić information content (AvgIpc) is 2.39. The van der Waals surface area contributed by atoms with Crippen molar-refractivity contribution in [2.75, 3.05) is 12.4 Å². The van der Waals surface area contributed by atoms with Gasteiger partial charge in [-0.15, -0.1) is 0 Å². The zero-order valence-electron chi connectivity index (χ0n) is 10.4. The fraction of sp³-hybridized carbons (Fsp3) is 0.182. The number of methoxy groups -OCH3 is 1. The highest BCUT2D eigenvalue weighted by atomic mass is 79.9. The van der Waals surface area contributed by atoms with Crippen LogP contribution in [-0.2, 0) is 6.18 Å². The minimum atomic E-state index is -4.48. The molecule has 0 bridgehead atoms. The standard InChI is InChI=1S/C11H7BrClF3N4O/c1-21-10-19-8(13)18-9(20-10)17-5-2-3-7(12)6(4-5)11(14,15)16/h2-4H,1H3,(H,17,18,19,20). The van der Waals surface area contributed by atoms with Crippen LogP contribution in [0, 0.1) is 0 Å². The Labute approximate surface area is 130 Å². The van der Waals surface area contributed by atoms with Crippen LogP contribution in [0.3, 0.4) is 0 Å². The normalized spacial score (nSPS) is 11.3. The zero-order valence-corrected chi connectivity index (χ0v) is 12.7. The number of halogens is 5. The van der Waals surface area contributed by atoms with Gasteiger partial charge in [-0.3, -0.25) is 0 Å². The number of anilines is 2. The van der Waals surface area contributed by atoms with E-state index < -0.39 is 11.7 Å². The van der Waals surface area contributed by atoms with E-state index in [1.807, 2.05) is 0 Å². The Morgan fingerprint density at radius 2 is 1.95 bits per heavy atom. The molecule has 1 N–H and O–H groups in total. The van der Waals surface area contributed by atoms with E-state index in [-0.39, 0.29) is 27.4 Å². The molecule has 0 saturated heterocycles. The van der Waals surface area contributed by atoms with Gasteiger partial charge in [-0.1, -0.05) is 15.9 Å². The van der Waals surface area contributed by atoms with Gasteiger partial charge in [0.1, 0.15) is 0 Å². The van der Waals surface area contributed by atoms with Crippen molar-refractivity contribution in [1.82, 2.24) is 15.0 Å². The lowest BCUT2D eigenvalue weighted by Gasteiger charge is -2.12. The smallest absolute Gasteiger partial charge is 0.417 e. The molecule has 1 aromatic heterocycles. The minimum absolute atomic E-state index is 0.0257. The molecule has 0 fully saturated rings. The van der Waals surface area contributed by atoms with Crippen molar-refractivity contribution in [2.24, 2.45) is 0 Å². The molecule has 0 aliphatic rings. The van der Waals surface area contributed by atoms with Gasteiger partial charge in [-0.25, -0.2) is 0 Å². The van der Waals surface area contributed by atoms with Gasteiger partial charge in [0.2, 0.25) is 11.2 Å². The van der Waals surface area contributed by atoms with Crippen LogP contribution in [0.25, 0.3) is 0 Å². The van der Waals surface area contributed by atoms with E-state index in [0.29, 0.717) is 0 Å². The second kappa shape index (κ2) is 6.02. The molecular weight excluding hydrogens is 376 g/mol. The fourth-order valence-electron chi connectivity index (χ4n) is 1.43. The molecule has 1 heterocycles. The second-order valence-electron chi connectivity index (χ2n) is 3.73. The molecular formula is C11H7BrClF3N4O. The first-order valence-corrected chi connectivity index (χ1v) is 6.56. The quantitative estimate of drug-likeness (QED) is 0.866. The van der Waals surface area contributed by atoms with Crippen LogP contribution >= 0.6 is 27.5 Å². The van der Waals surface area contributed by atoms with Gasteiger partial charge >= 0.3 is 12.2 Å². The summed E-state index contributed by atoms with van der Waals surface area (Å²) in [5.74, 6) is -0.0257. The Morgan fingerprint density at radius 3 is 2.57 bits per heavy atom. The summed E-state index contributed by atoms with van der Waals surface area (Å²) in [6.07, 6.45) is -4.48. The molecule has 2 aromatic rings. The Kier molecular flexibility index (Phi) is 4.52. The molecule has 0 atom stereocenters. The van der Waals surface area contributed by atoms with E-state index in [1.54, 1.807) is 0 Å². The van der Waals surface area contributed by atoms with Gasteiger partial charge < -0.3 is 10.1 Å². The third-order valence-electron chi connectivity index (χ3n) is 2.30. The molecule has 0 aliphatic heterocycles. The highest BCUT2D eigenvalue weighted by Gasteiger charge is 2.33. The number of benzene rings is 1. The topological polar surface area (TPSA) is 59.9 Å². The molecule has 0 aliphatic carbocycles. The van der Waals surface area contributed by atoms with Gasteiger partial charge in [-0.2, -0.15) is 28.1 Å². The van der Waals surface area contributed by atoms with Crippen LogP contribution in [0.1, 0.15) is 5.56 Å². The van der Waals surface area contributed by atoms with Crippen LogP contribution in [-0.4, -0.2) is 22.1 Å². The maximum atomic E-state index is 12.8. The Balaban J connectivity index is 2.34. The van der Waals surface area contributed by atoms with Crippen LogP contribution in [0.4, 0.5) is 24.8 Å². The van der Waals surface area contributed by atoms with Crippen molar-refractivity contribution >= 4 is 39.2 Å². The van der Waals surface area contributed by atoms with Crippen molar-refractivity contribution in [3.63, 3.8) is 0 Å². The Morgan fingerprint density at radius 1 is 1.24 bits per heavy atom. The molecule has 5 nitrogen and oxygen atoms in total. The third-order valence-corrected chi connectivity index (χ3v) is 3.16. The average molecular weight is 384 g/mol. The van der Waals surface area contributed by atoms with E-state index >= 15 is 0 Å². The fourth-order valence-corrected chi connectivity index (χ4v) is 2.05. The number of rotatable bonds is 3. The molecule has 10 heteroatoms. The van der Waals surface area contributed by atoms with Gasteiger partial charge in [0.25, 0.3) is 0 Å². The molecule has 0 unspecified atom stereocenters. The lowest BCUT2D eigenvalue weighted by molar-refractivity contribution is -0.138. The van der Waals surface area contributed by atoms with Crippen LogP contribution in [0.5, 0.6) is 6.01 Å². The van der Waals surface area contributed by atoms with Crippen LogP contribution < -0.4 is 10.1 Å². The van der Waals surface area contributed by atoms with Crippen molar-refractivity contribution in [3.05, 3.63) is 33.5 Å². The molecule has 21 heavy (non-hydrogen) atoms. The molecule has 0 spiro atoms.